The Bertz CT molecular complexity index is 3460. The first-order chi connectivity index (χ1) is 28.8. The minimum atomic E-state index is -0.625. The lowest BCUT2D eigenvalue weighted by Gasteiger charge is -2.45. The van der Waals surface area contributed by atoms with Gasteiger partial charge in [-0.25, -0.2) is 0 Å². The molecule has 0 amide bonds. The third-order valence-corrected chi connectivity index (χ3v) is 12.8. The van der Waals surface area contributed by atoms with Crippen LogP contribution in [0.2, 0.25) is 0 Å². The molecule has 0 aliphatic carbocycles. The van der Waals surface area contributed by atoms with E-state index in [2.05, 4.69) is 215 Å². The summed E-state index contributed by atoms with van der Waals surface area (Å²) in [6.07, 6.45) is 0. The van der Waals surface area contributed by atoms with Gasteiger partial charge in [0.15, 0.2) is 0 Å². The lowest BCUT2D eigenvalue weighted by Crippen LogP contribution is -2.37. The summed E-state index contributed by atoms with van der Waals surface area (Å²) in [7, 11) is 0. The van der Waals surface area contributed by atoms with Gasteiger partial charge in [-0.05, 0) is 75.8 Å². The van der Waals surface area contributed by atoms with Gasteiger partial charge in [0, 0.05) is 44.4 Å². The fourth-order valence-electron chi connectivity index (χ4n) is 10.4. The Morgan fingerprint density at radius 2 is 0.879 bits per heavy atom. The highest BCUT2D eigenvalue weighted by Crippen LogP contribution is 2.61. The topological polar surface area (TPSA) is 19.1 Å². The second-order valence-electron chi connectivity index (χ2n) is 15.6. The molecule has 1 spiro atoms. The van der Waals surface area contributed by atoms with Crippen molar-refractivity contribution < 1.29 is 4.74 Å². The molecule has 3 nitrogen and oxygen atoms in total. The molecule has 0 N–H and O–H groups in total. The summed E-state index contributed by atoms with van der Waals surface area (Å²) in [6, 6.07) is 75.3. The molecule has 270 valence electrons. The summed E-state index contributed by atoms with van der Waals surface area (Å²) >= 11 is 0. The molecule has 1 unspecified atom stereocenters. The highest BCUT2D eigenvalue weighted by Gasteiger charge is 2.50. The van der Waals surface area contributed by atoms with Crippen LogP contribution in [0.3, 0.4) is 0 Å². The second-order valence-corrected chi connectivity index (χ2v) is 15.6. The number of rotatable bonds is 3. The summed E-state index contributed by atoms with van der Waals surface area (Å²) in [5.74, 6) is 1.76. The Labute approximate surface area is 335 Å². The molecule has 13 rings (SSSR count). The average Bonchev–Trinajstić information content (AvgIpc) is 3.81. The maximum absolute atomic E-state index is 7.06. The fraction of sp³-hybridized carbons (Fsp3) is 0.0182. The van der Waals surface area contributed by atoms with Crippen LogP contribution in [0.25, 0.3) is 77.2 Å². The van der Waals surface area contributed by atoms with Gasteiger partial charge in [-0.1, -0.05) is 158 Å². The maximum Gasteiger partial charge on any atom is 0.134 e. The zero-order valence-electron chi connectivity index (χ0n) is 31.4. The largest absolute Gasteiger partial charge is 0.457 e. The molecule has 4 heterocycles. The molecule has 0 saturated carbocycles. The van der Waals surface area contributed by atoms with E-state index in [0.717, 1.165) is 39.3 Å². The molecule has 0 radical (unpaired) electrons. The van der Waals surface area contributed by atoms with E-state index in [9.17, 15) is 0 Å². The first-order valence-electron chi connectivity index (χ1n) is 20.0. The van der Waals surface area contributed by atoms with Crippen LogP contribution in [0.4, 0.5) is 0 Å². The number of ether oxygens (including phenoxy) is 1. The smallest absolute Gasteiger partial charge is 0.134 e. The third-order valence-electron chi connectivity index (χ3n) is 12.8. The van der Waals surface area contributed by atoms with Gasteiger partial charge in [0.2, 0.25) is 0 Å². The van der Waals surface area contributed by atoms with Crippen LogP contribution >= 0.6 is 0 Å². The minimum absolute atomic E-state index is 0.625. The van der Waals surface area contributed by atoms with Crippen LogP contribution in [0, 0.1) is 0 Å². The molecule has 1 atom stereocenters. The number of hydrogen-bond acceptors (Lipinski definition) is 1. The van der Waals surface area contributed by atoms with Gasteiger partial charge in [0.25, 0.3) is 0 Å². The molecule has 0 saturated heterocycles. The highest BCUT2D eigenvalue weighted by atomic mass is 16.5. The fourth-order valence-corrected chi connectivity index (χ4v) is 10.4. The van der Waals surface area contributed by atoms with Crippen LogP contribution in [0.5, 0.6) is 11.5 Å². The number of aromatic nitrogens is 2. The van der Waals surface area contributed by atoms with Gasteiger partial charge >= 0.3 is 0 Å². The molecule has 9 aromatic carbocycles. The van der Waals surface area contributed by atoms with Crippen LogP contribution in [0.15, 0.2) is 206 Å². The van der Waals surface area contributed by atoms with E-state index in [1.54, 1.807) is 0 Å². The molecular formula is C55H34N2O. The number of nitrogens with zero attached hydrogens (tertiary/aromatic N) is 2. The Morgan fingerprint density at radius 3 is 1.64 bits per heavy atom. The lowest BCUT2D eigenvalue weighted by atomic mass is 9.61. The first kappa shape index (κ1) is 31.6. The molecular weight excluding hydrogens is 705 g/mol. The van der Waals surface area contributed by atoms with Crippen molar-refractivity contribution in [2.24, 2.45) is 0 Å². The molecule has 11 aromatic rings. The van der Waals surface area contributed by atoms with Crippen LogP contribution in [-0.4, -0.2) is 9.13 Å². The van der Waals surface area contributed by atoms with E-state index in [4.69, 9.17) is 4.74 Å². The summed E-state index contributed by atoms with van der Waals surface area (Å²) in [5.41, 5.74) is 16.1. The predicted octanol–water partition coefficient (Wildman–Crippen LogP) is 14.0. The van der Waals surface area contributed by atoms with Crippen molar-refractivity contribution in [3.05, 3.63) is 229 Å². The van der Waals surface area contributed by atoms with Gasteiger partial charge < -0.3 is 13.9 Å². The Kier molecular flexibility index (Phi) is 6.37. The maximum atomic E-state index is 7.06. The molecule has 2 aliphatic heterocycles. The van der Waals surface area contributed by atoms with Crippen molar-refractivity contribution in [1.29, 1.82) is 0 Å². The van der Waals surface area contributed by atoms with Crippen LogP contribution in [-0.2, 0) is 5.41 Å². The van der Waals surface area contributed by atoms with Crippen molar-refractivity contribution in [3.63, 3.8) is 0 Å². The van der Waals surface area contributed by atoms with E-state index in [0.29, 0.717) is 0 Å². The second kappa shape index (κ2) is 11.7. The van der Waals surface area contributed by atoms with Crippen molar-refractivity contribution in [2.45, 2.75) is 5.41 Å². The van der Waals surface area contributed by atoms with Crippen LogP contribution in [0.1, 0.15) is 22.3 Å². The van der Waals surface area contributed by atoms with Crippen molar-refractivity contribution in [2.75, 3.05) is 0 Å². The van der Waals surface area contributed by atoms with Gasteiger partial charge in [-0.15, -0.1) is 0 Å². The van der Waals surface area contributed by atoms with Gasteiger partial charge in [-0.3, -0.25) is 0 Å². The third kappa shape index (κ3) is 4.12. The van der Waals surface area contributed by atoms with E-state index >= 15 is 0 Å². The highest BCUT2D eigenvalue weighted by molar-refractivity contribution is 6.13. The van der Waals surface area contributed by atoms with Gasteiger partial charge in [0.05, 0.1) is 33.2 Å². The zero-order valence-corrected chi connectivity index (χ0v) is 31.4. The lowest BCUT2D eigenvalue weighted by molar-refractivity contribution is 0.434. The van der Waals surface area contributed by atoms with E-state index < -0.39 is 5.41 Å². The SMILES string of the molecule is c1ccc(-c2ccc(-c3ccc(-n4c5ccccc5c5cc6c(cc54)Oc4ccccc4C64c5ccccc5-n5c6ccccc6c6cccc4c65)cc3)cc2)cc1. The predicted molar refractivity (Wildman–Crippen MR) is 238 cm³/mol. The minimum Gasteiger partial charge on any atom is -0.457 e. The normalized spacial score (nSPS) is 15.1. The molecule has 0 bridgehead atoms. The number of benzene rings is 9. The number of fused-ring (bicyclic) bond motifs is 14. The Morgan fingerprint density at radius 1 is 0.328 bits per heavy atom. The summed E-state index contributed by atoms with van der Waals surface area (Å²) in [5, 5.41) is 4.95. The van der Waals surface area contributed by atoms with Gasteiger partial charge in [0.1, 0.15) is 11.5 Å². The van der Waals surface area contributed by atoms with Crippen LogP contribution < -0.4 is 4.74 Å². The number of hydrogen-bond donors (Lipinski definition) is 0. The van der Waals surface area contributed by atoms with Crippen molar-refractivity contribution in [1.82, 2.24) is 9.13 Å². The summed E-state index contributed by atoms with van der Waals surface area (Å²) < 4.78 is 11.9. The van der Waals surface area contributed by atoms with Gasteiger partial charge in [-0.2, -0.15) is 0 Å². The quantitative estimate of drug-likeness (QED) is 0.177. The zero-order chi connectivity index (χ0) is 38.0. The van der Waals surface area contributed by atoms with E-state index in [-0.39, 0.29) is 0 Å². The molecule has 58 heavy (non-hydrogen) atoms. The summed E-state index contributed by atoms with van der Waals surface area (Å²) in [4.78, 5) is 0. The van der Waals surface area contributed by atoms with E-state index in [1.807, 2.05) is 0 Å². The number of para-hydroxylation sites is 5. The van der Waals surface area contributed by atoms with Crippen molar-refractivity contribution >= 4 is 43.6 Å². The molecule has 2 aromatic heterocycles. The molecule has 2 aliphatic rings. The molecule has 0 fully saturated rings. The average molecular weight is 739 g/mol. The first-order valence-corrected chi connectivity index (χ1v) is 20.0. The van der Waals surface area contributed by atoms with E-state index in [1.165, 1.54) is 71.6 Å². The monoisotopic (exact) mass is 738 g/mol. The van der Waals surface area contributed by atoms with Crippen molar-refractivity contribution in [3.8, 4) is 45.1 Å². The summed E-state index contributed by atoms with van der Waals surface area (Å²) in [6.45, 7) is 0. The standard InChI is InChI=1S/C55H34N2O/c1-2-13-35(14-3-1)36-25-27-37(28-26-36)38-29-31-39(32-30-38)56-48-21-8-5-16-41(48)43-33-47-53(34-51(43)56)58-52-24-11-7-19-45(52)55(47)44-18-6-10-23-50(44)57-49-22-9-4-15-40(49)42-17-12-20-46(55)54(42)57/h1-34H. The Hall–Kier alpha value is -7.62. The molecule has 3 heteroatoms. The Balaban J connectivity index is 1.05.